The molecule has 1 aromatic rings. The highest BCUT2D eigenvalue weighted by molar-refractivity contribution is 5.75. The third kappa shape index (κ3) is 1.00. The monoisotopic (exact) mass is 134 g/mol. The Balaban J connectivity index is 2.99. The molecule has 2 N–H and O–H groups in total. The lowest BCUT2D eigenvalue weighted by Gasteiger charge is -1.85. The van der Waals surface area contributed by atoms with Crippen LogP contribution in [-0.2, 0) is 0 Å². The van der Waals surface area contributed by atoms with E-state index in [4.69, 9.17) is 15.4 Å². The van der Waals surface area contributed by atoms with Crippen molar-refractivity contribution in [1.82, 2.24) is 0 Å². The van der Waals surface area contributed by atoms with Gasteiger partial charge in [-0.25, -0.2) is 0 Å². The highest BCUT2D eigenvalue weighted by atomic mass is 16.3. The number of rotatable bonds is 1. The topological polar surface area (TPSA) is 63.0 Å². The quantitative estimate of drug-likeness (QED) is 0.585. The van der Waals surface area contributed by atoms with Gasteiger partial charge < -0.3 is 10.2 Å². The molecular weight excluding hydrogens is 128 g/mol. The number of allylic oxidation sites excluding steroid dienone is 1. The van der Waals surface area contributed by atoms with Gasteiger partial charge in [-0.1, -0.05) is 0 Å². The fourth-order valence-corrected chi connectivity index (χ4v) is 0.616. The number of furan rings is 1. The van der Waals surface area contributed by atoms with Gasteiger partial charge in [0.2, 0.25) is 0 Å². The molecule has 0 aliphatic rings. The first-order chi connectivity index (χ1) is 4.88. The van der Waals surface area contributed by atoms with Crippen LogP contribution in [0.4, 0.5) is 0 Å². The fourth-order valence-electron chi connectivity index (χ4n) is 0.616. The van der Waals surface area contributed by atoms with E-state index in [-0.39, 0.29) is 0 Å². The van der Waals surface area contributed by atoms with E-state index in [0.29, 0.717) is 11.1 Å². The minimum Gasteiger partial charge on any atom is -0.472 e. The molecule has 0 radical (unpaired) electrons. The van der Waals surface area contributed by atoms with E-state index in [2.05, 4.69) is 0 Å². The standard InChI is InChI=1S/C7H6N2O/c8-3-7(4-9)6-1-2-10-5-6/h1-3,5H,8H2. The van der Waals surface area contributed by atoms with Gasteiger partial charge in [0.05, 0.1) is 18.1 Å². The summed E-state index contributed by atoms with van der Waals surface area (Å²) in [6, 6.07) is 3.61. The zero-order chi connectivity index (χ0) is 7.40. The third-order valence-electron chi connectivity index (χ3n) is 1.12. The minimum absolute atomic E-state index is 0.425. The largest absolute Gasteiger partial charge is 0.472 e. The molecule has 1 rings (SSSR count). The summed E-state index contributed by atoms with van der Waals surface area (Å²) in [5.41, 5.74) is 6.29. The summed E-state index contributed by atoms with van der Waals surface area (Å²) >= 11 is 0. The lowest BCUT2D eigenvalue weighted by molar-refractivity contribution is 0.566. The number of hydrogen-bond donors (Lipinski definition) is 1. The van der Waals surface area contributed by atoms with E-state index >= 15 is 0 Å². The molecule has 1 aromatic heterocycles. The molecule has 0 atom stereocenters. The number of nitrogens with zero attached hydrogens (tertiary/aromatic N) is 1. The van der Waals surface area contributed by atoms with Gasteiger partial charge in [-0.15, -0.1) is 0 Å². The van der Waals surface area contributed by atoms with Gasteiger partial charge in [-0.3, -0.25) is 0 Å². The van der Waals surface area contributed by atoms with Crippen LogP contribution in [0.2, 0.25) is 0 Å². The van der Waals surface area contributed by atoms with Crippen LogP contribution in [0.5, 0.6) is 0 Å². The predicted octanol–water partition coefficient (Wildman–Crippen LogP) is 1.10. The molecule has 0 bridgehead atoms. The Hall–Kier alpha value is -1.69. The van der Waals surface area contributed by atoms with Crippen LogP contribution < -0.4 is 5.73 Å². The lowest BCUT2D eigenvalue weighted by atomic mass is 10.2. The van der Waals surface area contributed by atoms with Gasteiger partial charge in [0.25, 0.3) is 0 Å². The zero-order valence-corrected chi connectivity index (χ0v) is 5.24. The van der Waals surface area contributed by atoms with Gasteiger partial charge in [0.1, 0.15) is 6.07 Å². The van der Waals surface area contributed by atoms with Crippen molar-refractivity contribution < 1.29 is 4.42 Å². The molecule has 0 aromatic carbocycles. The molecule has 3 nitrogen and oxygen atoms in total. The molecule has 0 aliphatic heterocycles. The SMILES string of the molecule is N#CC(=CN)c1ccoc1. The molecule has 0 amide bonds. The Morgan fingerprint density at radius 3 is 3.00 bits per heavy atom. The first-order valence-electron chi connectivity index (χ1n) is 2.73. The maximum atomic E-state index is 8.46. The summed E-state index contributed by atoms with van der Waals surface area (Å²) in [5.74, 6) is 0. The summed E-state index contributed by atoms with van der Waals surface area (Å²) in [5, 5.41) is 8.46. The van der Waals surface area contributed by atoms with Crippen molar-refractivity contribution in [2.75, 3.05) is 0 Å². The Bertz CT molecular complexity index is 266. The molecule has 0 aliphatic carbocycles. The third-order valence-corrected chi connectivity index (χ3v) is 1.12. The van der Waals surface area contributed by atoms with Crippen molar-refractivity contribution in [3.8, 4) is 6.07 Å². The predicted molar refractivity (Wildman–Crippen MR) is 36.5 cm³/mol. The minimum atomic E-state index is 0.425. The van der Waals surface area contributed by atoms with Crippen molar-refractivity contribution >= 4 is 5.57 Å². The smallest absolute Gasteiger partial charge is 0.101 e. The van der Waals surface area contributed by atoms with Gasteiger partial charge in [0, 0.05) is 11.8 Å². The summed E-state index contributed by atoms with van der Waals surface area (Å²) in [4.78, 5) is 0. The normalized spacial score (nSPS) is 10.9. The Kier molecular flexibility index (Phi) is 1.76. The van der Waals surface area contributed by atoms with Gasteiger partial charge in [-0.05, 0) is 6.07 Å². The number of hydrogen-bond acceptors (Lipinski definition) is 3. The molecular formula is C7H6N2O. The van der Waals surface area contributed by atoms with Gasteiger partial charge in [0.15, 0.2) is 0 Å². The van der Waals surface area contributed by atoms with Gasteiger partial charge >= 0.3 is 0 Å². The van der Waals surface area contributed by atoms with E-state index in [1.807, 2.05) is 6.07 Å². The average Bonchev–Trinajstić information content (AvgIpc) is 2.43. The van der Waals surface area contributed by atoms with Crippen LogP contribution in [0, 0.1) is 11.3 Å². The van der Waals surface area contributed by atoms with Crippen LogP contribution in [0.25, 0.3) is 5.57 Å². The second-order valence-electron chi connectivity index (χ2n) is 1.70. The van der Waals surface area contributed by atoms with Crippen molar-refractivity contribution in [1.29, 1.82) is 5.26 Å². The van der Waals surface area contributed by atoms with Crippen LogP contribution in [0.1, 0.15) is 5.56 Å². The molecule has 0 fully saturated rings. The van der Waals surface area contributed by atoms with Gasteiger partial charge in [-0.2, -0.15) is 5.26 Å². The maximum Gasteiger partial charge on any atom is 0.101 e. The van der Waals surface area contributed by atoms with E-state index in [0.717, 1.165) is 0 Å². The van der Waals surface area contributed by atoms with Crippen LogP contribution in [-0.4, -0.2) is 0 Å². The maximum absolute atomic E-state index is 8.46. The zero-order valence-electron chi connectivity index (χ0n) is 5.24. The molecule has 0 spiro atoms. The van der Waals surface area contributed by atoms with E-state index in [1.54, 1.807) is 6.07 Å². The first kappa shape index (κ1) is 6.43. The summed E-state index contributed by atoms with van der Waals surface area (Å²) in [7, 11) is 0. The Morgan fingerprint density at radius 1 is 1.80 bits per heavy atom. The molecule has 50 valence electrons. The van der Waals surface area contributed by atoms with Crippen LogP contribution >= 0.6 is 0 Å². The second-order valence-corrected chi connectivity index (χ2v) is 1.70. The Labute approximate surface area is 58.4 Å². The van der Waals surface area contributed by atoms with Crippen molar-refractivity contribution in [3.05, 3.63) is 30.4 Å². The summed E-state index contributed by atoms with van der Waals surface area (Å²) in [6.45, 7) is 0. The van der Waals surface area contributed by atoms with E-state index in [9.17, 15) is 0 Å². The summed E-state index contributed by atoms with van der Waals surface area (Å²) < 4.78 is 4.75. The molecule has 10 heavy (non-hydrogen) atoms. The van der Waals surface area contributed by atoms with Crippen molar-refractivity contribution in [2.24, 2.45) is 5.73 Å². The molecule has 0 saturated heterocycles. The number of nitrogens with two attached hydrogens (primary N) is 1. The van der Waals surface area contributed by atoms with Crippen LogP contribution in [0.15, 0.2) is 29.2 Å². The average molecular weight is 134 g/mol. The second kappa shape index (κ2) is 2.74. The number of nitriles is 1. The fraction of sp³-hybridized carbons (Fsp3) is 0. The van der Waals surface area contributed by atoms with E-state index < -0.39 is 0 Å². The molecule has 1 heterocycles. The van der Waals surface area contributed by atoms with Crippen molar-refractivity contribution in [3.63, 3.8) is 0 Å². The molecule has 0 saturated carbocycles. The van der Waals surface area contributed by atoms with Crippen molar-refractivity contribution in [2.45, 2.75) is 0 Å². The molecule has 0 unspecified atom stereocenters. The lowest BCUT2D eigenvalue weighted by Crippen LogP contribution is -1.83. The van der Waals surface area contributed by atoms with Crippen LogP contribution in [0.3, 0.4) is 0 Å². The van der Waals surface area contributed by atoms with E-state index in [1.165, 1.54) is 18.7 Å². The summed E-state index contributed by atoms with van der Waals surface area (Å²) in [6.07, 6.45) is 4.23. The molecule has 3 heteroatoms. The first-order valence-corrected chi connectivity index (χ1v) is 2.73. The highest BCUT2D eigenvalue weighted by Crippen LogP contribution is 2.11. The highest BCUT2D eigenvalue weighted by Gasteiger charge is 1.98. The Morgan fingerprint density at radius 2 is 2.60 bits per heavy atom.